The Kier molecular flexibility index (Phi) is 5.07. The molecule has 2 aromatic carbocycles. The maximum Gasteiger partial charge on any atom is 0.419 e. The molecule has 1 N–H and O–H groups in total. The Labute approximate surface area is 151 Å². The quantitative estimate of drug-likeness (QED) is 0.630. The van der Waals surface area contributed by atoms with Crippen molar-refractivity contribution < 1.29 is 27.1 Å². The first-order chi connectivity index (χ1) is 12.8. The zero-order valence-corrected chi connectivity index (χ0v) is 13.6. The van der Waals surface area contributed by atoms with Crippen molar-refractivity contribution in [2.24, 2.45) is 0 Å². The summed E-state index contributed by atoms with van der Waals surface area (Å²) in [5, 5.41) is 2.31. The van der Waals surface area contributed by atoms with Gasteiger partial charge in [-0.05, 0) is 42.5 Å². The molecule has 0 atom stereocenters. The molecular formula is C19H12F4N2O2. The lowest BCUT2D eigenvalue weighted by Crippen LogP contribution is -2.14. The van der Waals surface area contributed by atoms with Gasteiger partial charge in [-0.1, -0.05) is 12.1 Å². The van der Waals surface area contributed by atoms with Crippen molar-refractivity contribution in [2.45, 2.75) is 6.18 Å². The number of anilines is 1. The number of aromatic nitrogens is 1. The van der Waals surface area contributed by atoms with E-state index in [2.05, 4.69) is 10.3 Å². The van der Waals surface area contributed by atoms with E-state index in [0.717, 1.165) is 6.07 Å². The van der Waals surface area contributed by atoms with Crippen LogP contribution in [0.15, 0.2) is 66.9 Å². The van der Waals surface area contributed by atoms with Gasteiger partial charge in [0.25, 0.3) is 5.91 Å². The third-order valence-corrected chi connectivity index (χ3v) is 3.49. The summed E-state index contributed by atoms with van der Waals surface area (Å²) < 4.78 is 57.2. The number of halogens is 4. The van der Waals surface area contributed by atoms with Gasteiger partial charge in [0.1, 0.15) is 11.6 Å². The third-order valence-electron chi connectivity index (χ3n) is 3.49. The molecule has 0 unspecified atom stereocenters. The second-order valence-corrected chi connectivity index (χ2v) is 5.44. The fourth-order valence-corrected chi connectivity index (χ4v) is 2.25. The Morgan fingerprint density at radius 3 is 2.52 bits per heavy atom. The van der Waals surface area contributed by atoms with Gasteiger partial charge in [0.15, 0.2) is 0 Å². The highest BCUT2D eigenvalue weighted by molar-refractivity contribution is 6.04. The Morgan fingerprint density at radius 2 is 1.81 bits per heavy atom. The number of hydrogen-bond donors (Lipinski definition) is 1. The summed E-state index contributed by atoms with van der Waals surface area (Å²) in [5.74, 6) is -1.42. The van der Waals surface area contributed by atoms with E-state index >= 15 is 0 Å². The molecule has 0 aliphatic heterocycles. The molecule has 0 saturated carbocycles. The molecule has 3 aromatic rings. The molecule has 0 fully saturated rings. The number of alkyl halides is 3. The van der Waals surface area contributed by atoms with Crippen LogP contribution < -0.4 is 10.1 Å². The number of nitrogens with zero attached hydrogens (tertiary/aromatic N) is 1. The molecule has 0 aliphatic carbocycles. The largest absolute Gasteiger partial charge is 0.439 e. The van der Waals surface area contributed by atoms with Gasteiger partial charge in [-0.25, -0.2) is 9.37 Å². The molecule has 0 saturated heterocycles. The summed E-state index contributed by atoms with van der Waals surface area (Å²) in [5.41, 5.74) is -1.47. The Hall–Kier alpha value is -3.42. The molecule has 8 heteroatoms. The van der Waals surface area contributed by atoms with Crippen LogP contribution in [0.3, 0.4) is 0 Å². The highest BCUT2D eigenvalue weighted by Crippen LogP contribution is 2.33. The highest BCUT2D eigenvalue weighted by atomic mass is 19.4. The van der Waals surface area contributed by atoms with Gasteiger partial charge in [0.05, 0.1) is 5.56 Å². The van der Waals surface area contributed by atoms with Gasteiger partial charge >= 0.3 is 6.18 Å². The molecule has 0 bridgehead atoms. The van der Waals surface area contributed by atoms with Gasteiger partial charge in [0.2, 0.25) is 5.88 Å². The predicted molar refractivity (Wildman–Crippen MR) is 90.1 cm³/mol. The number of nitrogens with one attached hydrogen (secondary N) is 1. The smallest absolute Gasteiger partial charge is 0.419 e. The SMILES string of the molecule is O=C(Nc1ccc(F)c(C(F)(F)F)c1)c1cccc(Oc2ccccn2)c1. The molecule has 1 aromatic heterocycles. The maximum atomic E-state index is 13.3. The van der Waals surface area contributed by atoms with Crippen LogP contribution in [0, 0.1) is 5.82 Å². The molecule has 0 radical (unpaired) electrons. The summed E-state index contributed by atoms with van der Waals surface area (Å²) in [6, 6.07) is 13.4. The zero-order valence-electron chi connectivity index (χ0n) is 13.6. The number of benzene rings is 2. The number of hydrogen-bond acceptors (Lipinski definition) is 3. The van der Waals surface area contributed by atoms with Crippen LogP contribution in [0.4, 0.5) is 23.2 Å². The van der Waals surface area contributed by atoms with Crippen LogP contribution in [0.2, 0.25) is 0 Å². The van der Waals surface area contributed by atoms with E-state index in [0.29, 0.717) is 23.8 Å². The van der Waals surface area contributed by atoms with Gasteiger partial charge in [-0.3, -0.25) is 4.79 Å². The monoisotopic (exact) mass is 376 g/mol. The number of carbonyl (C=O) groups excluding carboxylic acids is 1. The normalized spacial score (nSPS) is 11.1. The Balaban J connectivity index is 1.78. The average molecular weight is 376 g/mol. The van der Waals surface area contributed by atoms with Crippen LogP contribution in [-0.2, 0) is 6.18 Å². The Morgan fingerprint density at radius 1 is 1.00 bits per heavy atom. The maximum absolute atomic E-state index is 13.3. The lowest BCUT2D eigenvalue weighted by Gasteiger charge is -2.11. The average Bonchev–Trinajstić information content (AvgIpc) is 2.63. The van der Waals surface area contributed by atoms with Crippen LogP contribution in [-0.4, -0.2) is 10.9 Å². The minimum atomic E-state index is -4.86. The van der Waals surface area contributed by atoms with Crippen molar-refractivity contribution in [3.05, 3.63) is 83.8 Å². The number of amides is 1. The molecular weight excluding hydrogens is 364 g/mol. The van der Waals surface area contributed by atoms with E-state index < -0.39 is 23.5 Å². The molecule has 1 amide bonds. The van der Waals surface area contributed by atoms with Crippen LogP contribution >= 0.6 is 0 Å². The lowest BCUT2D eigenvalue weighted by atomic mass is 10.1. The zero-order chi connectivity index (χ0) is 19.4. The van der Waals surface area contributed by atoms with Gasteiger partial charge < -0.3 is 10.1 Å². The number of ether oxygens (including phenoxy) is 1. The molecule has 1 heterocycles. The van der Waals surface area contributed by atoms with Crippen molar-refractivity contribution in [1.82, 2.24) is 4.98 Å². The summed E-state index contributed by atoms with van der Waals surface area (Å²) in [6.07, 6.45) is -3.32. The molecule has 4 nitrogen and oxygen atoms in total. The highest BCUT2D eigenvalue weighted by Gasteiger charge is 2.34. The summed E-state index contributed by atoms with van der Waals surface area (Å²) in [7, 11) is 0. The predicted octanol–water partition coefficient (Wildman–Crippen LogP) is 5.28. The van der Waals surface area contributed by atoms with Crippen molar-refractivity contribution in [3.63, 3.8) is 0 Å². The fraction of sp³-hybridized carbons (Fsp3) is 0.0526. The van der Waals surface area contributed by atoms with E-state index in [4.69, 9.17) is 4.74 Å². The fourth-order valence-electron chi connectivity index (χ4n) is 2.25. The summed E-state index contributed by atoms with van der Waals surface area (Å²) >= 11 is 0. The second-order valence-electron chi connectivity index (χ2n) is 5.44. The minimum Gasteiger partial charge on any atom is -0.439 e. The first kappa shape index (κ1) is 18.4. The van der Waals surface area contributed by atoms with Crippen molar-refractivity contribution in [2.75, 3.05) is 5.32 Å². The standard InChI is InChI=1S/C19H12F4N2O2/c20-16-8-7-13(11-15(16)19(21,22)23)25-18(26)12-4-3-5-14(10-12)27-17-6-1-2-9-24-17/h1-11H,(H,25,26). The topological polar surface area (TPSA) is 51.2 Å². The minimum absolute atomic E-state index is 0.154. The number of pyridine rings is 1. The molecule has 138 valence electrons. The Bertz CT molecular complexity index is 959. The van der Waals surface area contributed by atoms with E-state index in [1.807, 2.05) is 0 Å². The van der Waals surface area contributed by atoms with Crippen LogP contribution in [0.5, 0.6) is 11.6 Å². The van der Waals surface area contributed by atoms with Gasteiger partial charge in [-0.15, -0.1) is 0 Å². The van der Waals surface area contributed by atoms with Gasteiger partial charge in [0, 0.05) is 23.5 Å². The van der Waals surface area contributed by atoms with Gasteiger partial charge in [-0.2, -0.15) is 13.2 Å². The number of carbonyl (C=O) groups is 1. The first-order valence-corrected chi connectivity index (χ1v) is 7.70. The van der Waals surface area contributed by atoms with E-state index in [9.17, 15) is 22.4 Å². The first-order valence-electron chi connectivity index (χ1n) is 7.70. The molecule has 3 rings (SSSR count). The molecule has 0 spiro atoms. The van der Waals surface area contributed by atoms with Crippen molar-refractivity contribution in [3.8, 4) is 11.6 Å². The van der Waals surface area contributed by atoms with Crippen molar-refractivity contribution in [1.29, 1.82) is 0 Å². The van der Waals surface area contributed by atoms with Crippen LogP contribution in [0.1, 0.15) is 15.9 Å². The van der Waals surface area contributed by atoms with E-state index in [-0.39, 0.29) is 11.3 Å². The van der Waals surface area contributed by atoms with E-state index in [1.165, 1.54) is 12.1 Å². The van der Waals surface area contributed by atoms with Crippen molar-refractivity contribution >= 4 is 11.6 Å². The van der Waals surface area contributed by atoms with Crippen LogP contribution in [0.25, 0.3) is 0 Å². The third kappa shape index (κ3) is 4.60. The summed E-state index contributed by atoms with van der Waals surface area (Å²) in [4.78, 5) is 16.3. The number of rotatable bonds is 4. The molecule has 0 aliphatic rings. The lowest BCUT2D eigenvalue weighted by molar-refractivity contribution is -0.139. The van der Waals surface area contributed by atoms with E-state index in [1.54, 1.807) is 36.5 Å². The molecule has 27 heavy (non-hydrogen) atoms. The summed E-state index contributed by atoms with van der Waals surface area (Å²) in [6.45, 7) is 0. The second kappa shape index (κ2) is 7.45.